The number of amides is 2. The molecule has 3 fully saturated rings. The van der Waals surface area contributed by atoms with Crippen LogP contribution in [0.15, 0.2) is 12.1 Å². The number of carbonyl (C=O) groups excluding carboxylic acids is 2. The normalized spacial score (nSPS) is 26.6. The van der Waals surface area contributed by atoms with Crippen LogP contribution in [0.25, 0.3) is 0 Å². The van der Waals surface area contributed by atoms with E-state index >= 15 is 0 Å². The molecule has 1 aliphatic carbocycles. The number of hydrogen-bond acceptors (Lipinski definition) is 4. The van der Waals surface area contributed by atoms with Crippen LogP contribution >= 0.6 is 0 Å². The number of aryl methyl sites for hydroxylation is 1. The number of halogens is 4. The Hall–Kier alpha value is -2.52. The summed E-state index contributed by atoms with van der Waals surface area (Å²) in [5, 5.41) is 2.74. The standard InChI is InChI=1S/C19H20F4N2O4/c1-10-2-15(14(20)3-13(10)19(21,22)23)28-8-11-6-25(7-11)16(26)12-4-18(5-12)9-29-17(27)24-18/h2-3,11-12H,4-9H2,1H3,(H,24,27). The number of benzene rings is 1. The molecule has 2 saturated heterocycles. The molecule has 0 radical (unpaired) electrons. The van der Waals surface area contributed by atoms with E-state index in [0.29, 0.717) is 32.0 Å². The average molecular weight is 416 g/mol. The molecule has 2 heterocycles. The van der Waals surface area contributed by atoms with E-state index < -0.39 is 29.2 Å². The molecule has 3 aliphatic rings. The van der Waals surface area contributed by atoms with Gasteiger partial charge in [0, 0.05) is 24.9 Å². The summed E-state index contributed by atoms with van der Waals surface area (Å²) in [6.07, 6.45) is -3.98. The lowest BCUT2D eigenvalue weighted by Gasteiger charge is -2.47. The molecule has 1 aromatic rings. The Kier molecular flexibility index (Phi) is 4.62. The van der Waals surface area contributed by atoms with Gasteiger partial charge in [-0.25, -0.2) is 9.18 Å². The Morgan fingerprint density at radius 2 is 2.03 bits per heavy atom. The number of carbonyl (C=O) groups is 2. The van der Waals surface area contributed by atoms with E-state index in [1.165, 1.54) is 6.92 Å². The topological polar surface area (TPSA) is 67.9 Å². The highest BCUT2D eigenvalue weighted by Gasteiger charge is 2.54. The third-order valence-electron chi connectivity index (χ3n) is 5.80. The van der Waals surface area contributed by atoms with Crippen LogP contribution in [0.2, 0.25) is 0 Å². The average Bonchev–Trinajstić information content (AvgIpc) is 2.95. The summed E-state index contributed by atoms with van der Waals surface area (Å²) < 4.78 is 62.6. The van der Waals surface area contributed by atoms with Crippen LogP contribution in [0, 0.1) is 24.6 Å². The maximum absolute atomic E-state index is 13.9. The van der Waals surface area contributed by atoms with E-state index in [0.717, 1.165) is 6.07 Å². The van der Waals surface area contributed by atoms with Gasteiger partial charge in [-0.2, -0.15) is 13.2 Å². The molecule has 0 aromatic heterocycles. The Morgan fingerprint density at radius 3 is 2.62 bits per heavy atom. The molecule has 0 bridgehead atoms. The second kappa shape index (κ2) is 6.77. The molecule has 2 amide bonds. The van der Waals surface area contributed by atoms with Crippen LogP contribution in [-0.4, -0.2) is 48.7 Å². The van der Waals surface area contributed by atoms with Gasteiger partial charge in [-0.15, -0.1) is 0 Å². The number of hydrogen-bond donors (Lipinski definition) is 1. The van der Waals surface area contributed by atoms with Crippen molar-refractivity contribution in [1.29, 1.82) is 0 Å². The Balaban J connectivity index is 1.24. The van der Waals surface area contributed by atoms with Crippen molar-refractivity contribution in [3.05, 3.63) is 29.1 Å². The first-order valence-electron chi connectivity index (χ1n) is 9.30. The summed E-state index contributed by atoms with van der Waals surface area (Å²) >= 11 is 0. The molecule has 1 N–H and O–H groups in total. The number of ether oxygens (including phenoxy) is 2. The van der Waals surface area contributed by atoms with Crippen LogP contribution in [0.4, 0.5) is 22.4 Å². The Labute approximate surface area is 164 Å². The van der Waals surface area contributed by atoms with Gasteiger partial charge in [-0.3, -0.25) is 4.79 Å². The molecule has 6 nitrogen and oxygen atoms in total. The van der Waals surface area contributed by atoms with E-state index in [9.17, 15) is 27.2 Å². The van der Waals surface area contributed by atoms with Crippen LogP contribution in [0.1, 0.15) is 24.0 Å². The highest BCUT2D eigenvalue weighted by molar-refractivity contribution is 5.82. The minimum atomic E-state index is -4.62. The van der Waals surface area contributed by atoms with Crippen LogP contribution in [0.5, 0.6) is 5.75 Å². The fraction of sp³-hybridized carbons (Fsp3) is 0.579. The first-order chi connectivity index (χ1) is 13.6. The summed E-state index contributed by atoms with van der Waals surface area (Å²) in [5.41, 5.74) is -1.55. The van der Waals surface area contributed by atoms with Crippen molar-refractivity contribution in [3.8, 4) is 5.75 Å². The van der Waals surface area contributed by atoms with Crippen LogP contribution < -0.4 is 10.1 Å². The molecule has 4 rings (SSSR count). The predicted molar refractivity (Wildman–Crippen MR) is 91.6 cm³/mol. The maximum Gasteiger partial charge on any atom is 0.416 e. The SMILES string of the molecule is Cc1cc(OCC2CN(C(=O)C3CC4(COC(=O)N4)C3)C2)c(F)cc1C(F)(F)F. The van der Waals surface area contributed by atoms with Crippen molar-refractivity contribution in [2.45, 2.75) is 31.5 Å². The summed E-state index contributed by atoms with van der Waals surface area (Å²) in [6.45, 7) is 2.55. The third kappa shape index (κ3) is 3.72. The lowest BCUT2D eigenvalue weighted by molar-refractivity contribution is -0.148. The van der Waals surface area contributed by atoms with Gasteiger partial charge in [0.05, 0.1) is 17.7 Å². The van der Waals surface area contributed by atoms with Gasteiger partial charge >= 0.3 is 12.3 Å². The van der Waals surface area contributed by atoms with Gasteiger partial charge in [-0.1, -0.05) is 0 Å². The zero-order valence-electron chi connectivity index (χ0n) is 15.6. The Morgan fingerprint density at radius 1 is 1.34 bits per heavy atom. The Bertz CT molecular complexity index is 845. The van der Waals surface area contributed by atoms with Gasteiger partial charge in [0.2, 0.25) is 5.91 Å². The fourth-order valence-corrected chi connectivity index (χ4v) is 4.16. The van der Waals surface area contributed by atoms with Gasteiger partial charge < -0.3 is 19.7 Å². The van der Waals surface area contributed by atoms with E-state index in [2.05, 4.69) is 5.32 Å². The minimum absolute atomic E-state index is 0.00424. The van der Waals surface area contributed by atoms with Crippen LogP contribution in [-0.2, 0) is 15.7 Å². The van der Waals surface area contributed by atoms with Crippen molar-refractivity contribution < 1.29 is 36.6 Å². The van der Waals surface area contributed by atoms with E-state index in [1.807, 2.05) is 0 Å². The number of alkyl halides is 3. The molecule has 1 aromatic carbocycles. The molecular formula is C19H20F4N2O4. The van der Waals surface area contributed by atoms with E-state index in [4.69, 9.17) is 9.47 Å². The van der Waals surface area contributed by atoms with Gasteiger partial charge in [0.1, 0.15) is 6.61 Å². The summed E-state index contributed by atoms with van der Waals surface area (Å²) in [7, 11) is 0. The highest BCUT2D eigenvalue weighted by atomic mass is 19.4. The zero-order valence-corrected chi connectivity index (χ0v) is 15.6. The van der Waals surface area contributed by atoms with Crippen molar-refractivity contribution >= 4 is 12.0 Å². The lowest BCUT2D eigenvalue weighted by Crippen LogP contribution is -2.61. The van der Waals surface area contributed by atoms with E-state index in [1.54, 1.807) is 4.90 Å². The van der Waals surface area contributed by atoms with Crippen LogP contribution in [0.3, 0.4) is 0 Å². The molecule has 29 heavy (non-hydrogen) atoms. The summed E-state index contributed by atoms with van der Waals surface area (Å²) in [4.78, 5) is 25.3. The second-order valence-corrected chi connectivity index (χ2v) is 8.10. The largest absolute Gasteiger partial charge is 0.490 e. The number of nitrogens with one attached hydrogen (secondary N) is 1. The highest BCUT2D eigenvalue weighted by Crippen LogP contribution is 2.42. The lowest BCUT2D eigenvalue weighted by atomic mass is 9.68. The van der Waals surface area contributed by atoms with E-state index in [-0.39, 0.29) is 42.3 Å². The van der Waals surface area contributed by atoms with Crippen molar-refractivity contribution in [2.24, 2.45) is 11.8 Å². The monoisotopic (exact) mass is 416 g/mol. The first kappa shape index (κ1) is 19.8. The molecule has 1 saturated carbocycles. The predicted octanol–water partition coefficient (Wildman–Crippen LogP) is 2.88. The number of cyclic esters (lactones) is 1. The third-order valence-corrected chi connectivity index (χ3v) is 5.80. The molecule has 158 valence electrons. The molecule has 10 heteroatoms. The summed E-state index contributed by atoms with van der Waals surface area (Å²) in [5.74, 6) is -1.45. The fourth-order valence-electron chi connectivity index (χ4n) is 4.16. The molecule has 1 spiro atoms. The van der Waals surface area contributed by atoms with Gasteiger partial charge in [0.15, 0.2) is 11.6 Å². The van der Waals surface area contributed by atoms with Gasteiger partial charge in [0.25, 0.3) is 0 Å². The van der Waals surface area contributed by atoms with Gasteiger partial charge in [-0.05, 0) is 37.5 Å². The molecule has 0 atom stereocenters. The number of rotatable bonds is 4. The summed E-state index contributed by atoms with van der Waals surface area (Å²) in [6, 6.07) is 1.49. The second-order valence-electron chi connectivity index (χ2n) is 8.10. The van der Waals surface area contributed by atoms with Crippen molar-refractivity contribution in [3.63, 3.8) is 0 Å². The van der Waals surface area contributed by atoms with Crippen molar-refractivity contribution in [2.75, 3.05) is 26.3 Å². The molecular weight excluding hydrogens is 396 g/mol. The zero-order chi connectivity index (χ0) is 21.0. The molecule has 0 unspecified atom stereocenters. The number of alkyl carbamates (subject to hydrolysis) is 1. The minimum Gasteiger partial charge on any atom is -0.490 e. The molecule has 2 aliphatic heterocycles. The maximum atomic E-state index is 13.9. The quantitative estimate of drug-likeness (QED) is 0.767. The number of nitrogens with zero attached hydrogens (tertiary/aromatic N) is 1. The smallest absolute Gasteiger partial charge is 0.416 e. The first-order valence-corrected chi connectivity index (χ1v) is 9.30. The van der Waals surface area contributed by atoms with Crippen molar-refractivity contribution in [1.82, 2.24) is 10.2 Å². The number of likely N-dealkylation sites (tertiary alicyclic amines) is 1.